The van der Waals surface area contributed by atoms with Crippen LogP contribution in [0.4, 0.5) is 0 Å². The van der Waals surface area contributed by atoms with Crippen molar-refractivity contribution in [2.24, 2.45) is 0 Å². The Labute approximate surface area is 120 Å². The van der Waals surface area contributed by atoms with Gasteiger partial charge >= 0.3 is 0 Å². The molecule has 1 aliphatic rings. The third-order valence-corrected chi connectivity index (χ3v) is 4.67. The fourth-order valence-electron chi connectivity index (χ4n) is 2.35. The van der Waals surface area contributed by atoms with Gasteiger partial charge in [-0.15, -0.1) is 0 Å². The van der Waals surface area contributed by atoms with Crippen LogP contribution >= 0.6 is 11.8 Å². The summed E-state index contributed by atoms with van der Waals surface area (Å²) in [5.74, 6) is 3.51. The second kappa shape index (κ2) is 7.78. The van der Waals surface area contributed by atoms with Crippen molar-refractivity contribution in [3.8, 4) is 5.75 Å². The van der Waals surface area contributed by atoms with Crippen LogP contribution in [0.3, 0.4) is 0 Å². The van der Waals surface area contributed by atoms with Crippen LogP contribution in [0.2, 0.25) is 0 Å². The molecule has 4 heteroatoms. The van der Waals surface area contributed by atoms with Gasteiger partial charge < -0.3 is 10.1 Å². The maximum absolute atomic E-state index is 5.95. The summed E-state index contributed by atoms with van der Waals surface area (Å²) >= 11 is 2.05. The number of ether oxygens (including phenoxy) is 1. The van der Waals surface area contributed by atoms with Crippen LogP contribution in [0, 0.1) is 0 Å². The number of rotatable bonds is 6. The zero-order valence-electron chi connectivity index (χ0n) is 11.9. The van der Waals surface area contributed by atoms with Gasteiger partial charge in [0.05, 0.1) is 0 Å². The second-order valence-electron chi connectivity index (χ2n) is 4.95. The van der Waals surface area contributed by atoms with E-state index in [4.69, 9.17) is 4.74 Å². The van der Waals surface area contributed by atoms with E-state index in [1.54, 1.807) is 0 Å². The minimum atomic E-state index is 0.676. The van der Waals surface area contributed by atoms with E-state index >= 15 is 0 Å². The van der Waals surface area contributed by atoms with Crippen molar-refractivity contribution < 1.29 is 4.74 Å². The zero-order chi connectivity index (χ0) is 13.5. The molecule has 0 saturated carbocycles. The molecular weight excluding hydrogens is 256 g/mol. The summed E-state index contributed by atoms with van der Waals surface area (Å²) in [4.78, 5) is 2.52. The number of benzene rings is 1. The van der Waals surface area contributed by atoms with E-state index in [-0.39, 0.29) is 0 Å². The molecule has 1 atom stereocenters. The van der Waals surface area contributed by atoms with Crippen molar-refractivity contribution >= 4 is 11.8 Å². The first kappa shape index (κ1) is 14.7. The van der Waals surface area contributed by atoms with Gasteiger partial charge in [-0.05, 0) is 20.0 Å². The van der Waals surface area contributed by atoms with Crippen LogP contribution < -0.4 is 10.1 Å². The third kappa shape index (κ3) is 4.41. The number of hydrogen-bond acceptors (Lipinski definition) is 4. The summed E-state index contributed by atoms with van der Waals surface area (Å²) in [5, 5.41) is 3.18. The lowest BCUT2D eigenvalue weighted by molar-refractivity contribution is 0.182. The number of thioether (sulfide) groups is 1. The molecule has 3 nitrogen and oxygen atoms in total. The molecule has 19 heavy (non-hydrogen) atoms. The van der Waals surface area contributed by atoms with Gasteiger partial charge in [-0.25, -0.2) is 0 Å². The smallest absolute Gasteiger partial charge is 0.123 e. The Balaban J connectivity index is 1.81. The quantitative estimate of drug-likeness (QED) is 0.863. The highest BCUT2D eigenvalue weighted by atomic mass is 32.2. The maximum atomic E-state index is 5.95. The predicted octanol–water partition coefficient (Wildman–Crippen LogP) is 2.22. The van der Waals surface area contributed by atoms with Crippen LogP contribution in [0.15, 0.2) is 24.3 Å². The number of para-hydroxylation sites is 1. The molecule has 1 heterocycles. The Bertz CT molecular complexity index is 386. The van der Waals surface area contributed by atoms with Crippen molar-refractivity contribution in [3.63, 3.8) is 0 Å². The lowest BCUT2D eigenvalue weighted by Crippen LogP contribution is -2.42. The second-order valence-corrected chi connectivity index (χ2v) is 6.10. The Kier molecular flexibility index (Phi) is 6.01. The Morgan fingerprint density at radius 1 is 1.42 bits per heavy atom. The average molecular weight is 280 g/mol. The van der Waals surface area contributed by atoms with E-state index in [1.807, 2.05) is 13.1 Å². The Morgan fingerprint density at radius 2 is 2.26 bits per heavy atom. The van der Waals surface area contributed by atoms with Gasteiger partial charge in [0.25, 0.3) is 0 Å². The minimum Gasteiger partial charge on any atom is -0.492 e. The van der Waals surface area contributed by atoms with Crippen LogP contribution in [0.5, 0.6) is 5.75 Å². The summed E-state index contributed by atoms with van der Waals surface area (Å²) in [6, 6.07) is 8.95. The van der Waals surface area contributed by atoms with E-state index in [0.29, 0.717) is 6.04 Å². The van der Waals surface area contributed by atoms with E-state index < -0.39 is 0 Å². The molecule has 106 valence electrons. The first-order valence-corrected chi connectivity index (χ1v) is 8.14. The van der Waals surface area contributed by atoms with Crippen LogP contribution in [-0.4, -0.2) is 49.2 Å². The summed E-state index contributed by atoms with van der Waals surface area (Å²) in [6.07, 6.45) is 0. The molecule has 0 bridgehead atoms. The molecule has 0 radical (unpaired) electrons. The number of nitrogens with zero attached hydrogens (tertiary/aromatic N) is 1. The lowest BCUT2D eigenvalue weighted by Gasteiger charge is -2.32. The highest BCUT2D eigenvalue weighted by Gasteiger charge is 2.18. The van der Waals surface area contributed by atoms with Gasteiger partial charge in [0, 0.05) is 42.7 Å². The highest BCUT2D eigenvalue weighted by Crippen LogP contribution is 2.19. The summed E-state index contributed by atoms with van der Waals surface area (Å²) in [7, 11) is 1.96. The van der Waals surface area contributed by atoms with Crippen LogP contribution in [-0.2, 0) is 6.54 Å². The normalized spacial score (nSPS) is 20.4. The highest BCUT2D eigenvalue weighted by molar-refractivity contribution is 7.99. The van der Waals surface area contributed by atoms with E-state index in [2.05, 4.69) is 47.1 Å². The van der Waals surface area contributed by atoms with Crippen molar-refractivity contribution in [2.45, 2.75) is 19.5 Å². The van der Waals surface area contributed by atoms with Gasteiger partial charge in [-0.3, -0.25) is 4.90 Å². The molecular formula is C15H24N2OS. The average Bonchev–Trinajstić information content (AvgIpc) is 2.43. The lowest BCUT2D eigenvalue weighted by atomic mass is 10.2. The summed E-state index contributed by atoms with van der Waals surface area (Å²) < 4.78 is 5.95. The van der Waals surface area contributed by atoms with Crippen molar-refractivity contribution in [1.29, 1.82) is 0 Å². The maximum Gasteiger partial charge on any atom is 0.123 e. The minimum absolute atomic E-state index is 0.676. The molecule has 0 spiro atoms. The molecule has 1 aromatic carbocycles. The molecule has 1 unspecified atom stereocenters. The van der Waals surface area contributed by atoms with Crippen LogP contribution in [0.1, 0.15) is 12.5 Å². The van der Waals surface area contributed by atoms with E-state index in [0.717, 1.165) is 25.4 Å². The van der Waals surface area contributed by atoms with Crippen molar-refractivity contribution in [1.82, 2.24) is 10.2 Å². The molecule has 2 rings (SSSR count). The zero-order valence-corrected chi connectivity index (χ0v) is 12.7. The van der Waals surface area contributed by atoms with Crippen molar-refractivity contribution in [3.05, 3.63) is 29.8 Å². The molecule has 0 aromatic heterocycles. The predicted molar refractivity (Wildman–Crippen MR) is 83.1 cm³/mol. The van der Waals surface area contributed by atoms with Crippen molar-refractivity contribution in [2.75, 3.05) is 38.2 Å². The fourth-order valence-corrected chi connectivity index (χ4v) is 3.43. The van der Waals surface area contributed by atoms with Gasteiger partial charge in [-0.1, -0.05) is 18.2 Å². The molecule has 0 aliphatic carbocycles. The molecule has 1 aliphatic heterocycles. The molecule has 1 fully saturated rings. The van der Waals surface area contributed by atoms with Gasteiger partial charge in [-0.2, -0.15) is 11.8 Å². The van der Waals surface area contributed by atoms with E-state index in [9.17, 15) is 0 Å². The van der Waals surface area contributed by atoms with E-state index in [1.165, 1.54) is 23.6 Å². The number of nitrogens with one attached hydrogen (secondary N) is 1. The fraction of sp³-hybridized carbons (Fsp3) is 0.600. The van der Waals surface area contributed by atoms with Gasteiger partial charge in [0.15, 0.2) is 0 Å². The summed E-state index contributed by atoms with van der Waals surface area (Å²) in [6.45, 7) is 6.15. The first-order valence-electron chi connectivity index (χ1n) is 6.98. The third-order valence-electron chi connectivity index (χ3n) is 3.48. The monoisotopic (exact) mass is 280 g/mol. The standard InChI is InChI=1S/C15H24N2OS/c1-13-12-19-10-8-17(13)7-9-18-15-6-4-3-5-14(15)11-16-2/h3-6,13,16H,7-12H2,1-2H3. The molecule has 1 saturated heterocycles. The number of hydrogen-bond donors (Lipinski definition) is 1. The molecule has 1 aromatic rings. The Morgan fingerprint density at radius 3 is 3.05 bits per heavy atom. The first-order chi connectivity index (χ1) is 9.31. The summed E-state index contributed by atoms with van der Waals surface area (Å²) in [5.41, 5.74) is 1.23. The topological polar surface area (TPSA) is 24.5 Å². The largest absolute Gasteiger partial charge is 0.492 e. The molecule has 1 N–H and O–H groups in total. The SMILES string of the molecule is CNCc1ccccc1OCCN1CCSCC1C. The molecule has 0 amide bonds. The van der Waals surface area contributed by atoms with Gasteiger partial charge in [0.1, 0.15) is 12.4 Å². The Hall–Kier alpha value is -0.710. The van der Waals surface area contributed by atoms with Crippen LogP contribution in [0.25, 0.3) is 0 Å². The van der Waals surface area contributed by atoms with Gasteiger partial charge in [0.2, 0.25) is 0 Å².